The second-order valence-corrected chi connectivity index (χ2v) is 4.68. The van der Waals surface area contributed by atoms with Gasteiger partial charge in [-0.2, -0.15) is 0 Å². The van der Waals surface area contributed by atoms with Crippen molar-refractivity contribution < 1.29 is 14.3 Å². The van der Waals surface area contributed by atoms with Gasteiger partial charge in [0.2, 0.25) is 0 Å². The van der Waals surface area contributed by atoms with E-state index >= 15 is 0 Å². The van der Waals surface area contributed by atoms with Gasteiger partial charge in [0, 0.05) is 6.42 Å². The molecule has 1 fully saturated rings. The normalized spacial score (nSPS) is 21.2. The van der Waals surface area contributed by atoms with E-state index in [1.807, 2.05) is 0 Å². The van der Waals surface area contributed by atoms with Crippen LogP contribution in [0.15, 0.2) is 0 Å². The number of unbranched alkanes of at least 4 members (excludes halogenated alkanes) is 1. The Kier molecular flexibility index (Phi) is 6.19. The van der Waals surface area contributed by atoms with E-state index in [1.165, 1.54) is 7.11 Å². The lowest BCUT2D eigenvalue weighted by atomic mass is 9.93. The highest BCUT2D eigenvalue weighted by Crippen LogP contribution is 2.18. The number of ketones is 1. The summed E-state index contributed by atoms with van der Waals surface area (Å²) in [7, 11) is 1.39. The number of Topliss-reactive ketones (excluding diaryl/α,β-unsaturated/α-hetero) is 1. The molecule has 0 spiro atoms. The average molecular weight is 241 g/mol. The summed E-state index contributed by atoms with van der Waals surface area (Å²) in [4.78, 5) is 23.5. The molecule has 2 atom stereocenters. The van der Waals surface area contributed by atoms with Crippen LogP contribution >= 0.6 is 0 Å². The minimum absolute atomic E-state index is 0.0382. The fraction of sp³-hybridized carbons (Fsp3) is 0.846. The second kappa shape index (κ2) is 7.43. The van der Waals surface area contributed by atoms with Gasteiger partial charge in [-0.1, -0.05) is 19.8 Å². The van der Waals surface area contributed by atoms with Gasteiger partial charge in [-0.25, -0.2) is 0 Å². The lowest BCUT2D eigenvalue weighted by Gasteiger charge is -2.16. The number of carbonyl (C=O) groups is 2. The summed E-state index contributed by atoms with van der Waals surface area (Å²) in [6.45, 7) is 2.99. The molecule has 0 aromatic rings. The summed E-state index contributed by atoms with van der Waals surface area (Å²) >= 11 is 0. The zero-order chi connectivity index (χ0) is 12.7. The second-order valence-electron chi connectivity index (χ2n) is 4.68. The monoisotopic (exact) mass is 241 g/mol. The molecule has 0 radical (unpaired) electrons. The van der Waals surface area contributed by atoms with E-state index in [9.17, 15) is 9.59 Å². The molecule has 0 saturated carbocycles. The molecule has 0 amide bonds. The standard InChI is InChI=1S/C13H23NO3/c1-3-4-6-10(13(16)17-2)9-12(15)11-7-5-8-14-11/h10-11,14H,3-9H2,1-2H3/t10-,11-/m1/s1. The van der Waals surface area contributed by atoms with Crippen molar-refractivity contribution in [3.8, 4) is 0 Å². The number of ether oxygens (including phenoxy) is 1. The van der Waals surface area contributed by atoms with E-state index in [0.717, 1.165) is 38.6 Å². The van der Waals surface area contributed by atoms with Crippen molar-refractivity contribution in [2.24, 2.45) is 5.92 Å². The first-order valence-electron chi connectivity index (χ1n) is 6.53. The third-order valence-corrected chi connectivity index (χ3v) is 3.34. The Labute approximate surface area is 103 Å². The molecule has 1 heterocycles. The lowest BCUT2D eigenvalue weighted by molar-refractivity contribution is -0.147. The molecule has 0 aromatic carbocycles. The Hall–Kier alpha value is -0.900. The van der Waals surface area contributed by atoms with Gasteiger partial charge < -0.3 is 10.1 Å². The van der Waals surface area contributed by atoms with Crippen LogP contribution in [0.5, 0.6) is 0 Å². The fourth-order valence-electron chi connectivity index (χ4n) is 2.26. The number of hydrogen-bond acceptors (Lipinski definition) is 4. The van der Waals surface area contributed by atoms with E-state index in [1.54, 1.807) is 0 Å². The van der Waals surface area contributed by atoms with Crippen molar-refractivity contribution in [2.75, 3.05) is 13.7 Å². The minimum Gasteiger partial charge on any atom is -0.469 e. The predicted octanol–water partition coefficient (Wildman–Crippen LogP) is 1.68. The zero-order valence-corrected chi connectivity index (χ0v) is 10.8. The Morgan fingerprint density at radius 3 is 2.76 bits per heavy atom. The van der Waals surface area contributed by atoms with Gasteiger partial charge in [-0.15, -0.1) is 0 Å². The lowest BCUT2D eigenvalue weighted by Crippen LogP contribution is -2.33. The first kappa shape index (κ1) is 14.2. The van der Waals surface area contributed by atoms with Crippen LogP contribution in [0.25, 0.3) is 0 Å². The van der Waals surface area contributed by atoms with E-state index in [-0.39, 0.29) is 23.7 Å². The summed E-state index contributed by atoms with van der Waals surface area (Å²) in [5.74, 6) is -0.339. The van der Waals surface area contributed by atoms with Gasteiger partial charge in [0.25, 0.3) is 0 Å². The van der Waals surface area contributed by atoms with Gasteiger partial charge in [0.1, 0.15) is 0 Å². The summed E-state index contributed by atoms with van der Waals surface area (Å²) in [5.41, 5.74) is 0. The van der Waals surface area contributed by atoms with Gasteiger partial charge in [-0.05, 0) is 25.8 Å². The van der Waals surface area contributed by atoms with E-state index in [4.69, 9.17) is 4.74 Å². The third kappa shape index (κ3) is 4.46. The van der Waals surface area contributed by atoms with Crippen molar-refractivity contribution in [1.29, 1.82) is 0 Å². The Morgan fingerprint density at radius 2 is 2.24 bits per heavy atom. The molecule has 98 valence electrons. The van der Waals surface area contributed by atoms with Gasteiger partial charge in [0.05, 0.1) is 19.1 Å². The SMILES string of the molecule is CCCC[C@H](CC(=O)[C@H]1CCCN1)C(=O)OC. The number of carbonyl (C=O) groups excluding carboxylic acids is 2. The average Bonchev–Trinajstić information content (AvgIpc) is 2.87. The molecule has 1 N–H and O–H groups in total. The topological polar surface area (TPSA) is 55.4 Å². The summed E-state index contributed by atoms with van der Waals surface area (Å²) in [5, 5.41) is 3.17. The van der Waals surface area contributed by atoms with Gasteiger partial charge in [0.15, 0.2) is 5.78 Å². The smallest absolute Gasteiger partial charge is 0.309 e. The van der Waals surface area contributed by atoms with Gasteiger partial charge >= 0.3 is 5.97 Å². The molecular formula is C13H23NO3. The molecule has 0 aliphatic carbocycles. The summed E-state index contributed by atoms with van der Waals surface area (Å²) in [6.07, 6.45) is 5.02. The number of methoxy groups -OCH3 is 1. The highest BCUT2D eigenvalue weighted by atomic mass is 16.5. The molecule has 1 aliphatic rings. The molecule has 0 bridgehead atoms. The van der Waals surface area contributed by atoms with E-state index in [0.29, 0.717) is 6.42 Å². The van der Waals surface area contributed by atoms with Crippen LogP contribution in [-0.4, -0.2) is 31.4 Å². The van der Waals surface area contributed by atoms with Crippen LogP contribution in [0.2, 0.25) is 0 Å². The molecule has 1 aliphatic heterocycles. The van der Waals surface area contributed by atoms with Crippen molar-refractivity contribution in [1.82, 2.24) is 5.32 Å². The van der Waals surface area contributed by atoms with E-state index < -0.39 is 0 Å². The van der Waals surface area contributed by atoms with Crippen molar-refractivity contribution in [3.63, 3.8) is 0 Å². The maximum Gasteiger partial charge on any atom is 0.309 e. The van der Waals surface area contributed by atoms with Crippen molar-refractivity contribution in [2.45, 2.75) is 51.5 Å². The van der Waals surface area contributed by atoms with Crippen LogP contribution in [0.3, 0.4) is 0 Å². The predicted molar refractivity (Wildman–Crippen MR) is 65.7 cm³/mol. The minimum atomic E-state index is -0.255. The Balaban J connectivity index is 2.46. The molecule has 4 nitrogen and oxygen atoms in total. The molecule has 1 rings (SSSR count). The maximum absolute atomic E-state index is 12.0. The van der Waals surface area contributed by atoms with Crippen molar-refractivity contribution in [3.05, 3.63) is 0 Å². The van der Waals surface area contributed by atoms with Crippen LogP contribution in [-0.2, 0) is 14.3 Å². The largest absolute Gasteiger partial charge is 0.469 e. The zero-order valence-electron chi connectivity index (χ0n) is 10.8. The first-order chi connectivity index (χ1) is 8.19. The van der Waals surface area contributed by atoms with Crippen LogP contribution in [0.4, 0.5) is 0 Å². The maximum atomic E-state index is 12.0. The van der Waals surface area contributed by atoms with Crippen molar-refractivity contribution >= 4 is 11.8 Å². The highest BCUT2D eigenvalue weighted by Gasteiger charge is 2.28. The summed E-state index contributed by atoms with van der Waals surface area (Å²) in [6, 6.07) is -0.0382. The molecule has 17 heavy (non-hydrogen) atoms. The van der Waals surface area contributed by atoms with Crippen LogP contribution < -0.4 is 5.32 Å². The summed E-state index contributed by atoms with van der Waals surface area (Å²) < 4.78 is 4.76. The first-order valence-corrected chi connectivity index (χ1v) is 6.53. The number of hydrogen-bond donors (Lipinski definition) is 1. The molecule has 1 saturated heterocycles. The Bertz CT molecular complexity index is 259. The molecular weight excluding hydrogens is 218 g/mol. The third-order valence-electron chi connectivity index (χ3n) is 3.34. The van der Waals surface area contributed by atoms with Gasteiger partial charge in [-0.3, -0.25) is 9.59 Å². The molecule has 0 aromatic heterocycles. The Morgan fingerprint density at radius 1 is 1.47 bits per heavy atom. The molecule has 4 heteroatoms. The van der Waals surface area contributed by atoms with Crippen LogP contribution in [0.1, 0.15) is 45.4 Å². The number of esters is 1. The van der Waals surface area contributed by atoms with E-state index in [2.05, 4.69) is 12.2 Å². The van der Waals surface area contributed by atoms with Crippen LogP contribution in [0, 0.1) is 5.92 Å². The fourth-order valence-corrected chi connectivity index (χ4v) is 2.26. The highest BCUT2D eigenvalue weighted by molar-refractivity contribution is 5.88. The quantitative estimate of drug-likeness (QED) is 0.689. The number of rotatable bonds is 7. The number of nitrogens with one attached hydrogen (secondary N) is 1. The molecule has 0 unspecified atom stereocenters.